The molecule has 0 unspecified atom stereocenters. The molecule has 9 heteroatoms. The van der Waals surface area contributed by atoms with Crippen LogP contribution in [0.4, 0.5) is 9.59 Å². The maximum atomic E-state index is 11.5. The molecular formula is C14H22N2O7. The van der Waals surface area contributed by atoms with E-state index in [9.17, 15) is 4.79 Å². The zero-order chi connectivity index (χ0) is 18.7. The molecule has 0 spiro atoms. The number of primary amides is 2. The van der Waals surface area contributed by atoms with Gasteiger partial charge in [0.15, 0.2) is 0 Å². The van der Waals surface area contributed by atoms with Crippen molar-refractivity contribution in [2.75, 3.05) is 14.2 Å². The van der Waals surface area contributed by atoms with Gasteiger partial charge in [-0.3, -0.25) is 0 Å². The molecule has 0 aliphatic heterocycles. The van der Waals surface area contributed by atoms with Gasteiger partial charge in [-0.25, -0.2) is 14.4 Å². The van der Waals surface area contributed by atoms with E-state index in [1.807, 2.05) is 20.8 Å². The van der Waals surface area contributed by atoms with Crippen LogP contribution in [0, 0.1) is 20.8 Å². The van der Waals surface area contributed by atoms with Crippen molar-refractivity contribution in [2.45, 2.75) is 20.8 Å². The van der Waals surface area contributed by atoms with E-state index in [4.69, 9.17) is 29.3 Å². The minimum Gasteiger partial charge on any atom is -0.496 e. The molecule has 0 saturated carbocycles. The summed E-state index contributed by atoms with van der Waals surface area (Å²) in [7, 11) is 3.02. The minimum atomic E-state index is -1.33. The van der Waals surface area contributed by atoms with Crippen LogP contribution < -0.4 is 16.2 Å². The summed E-state index contributed by atoms with van der Waals surface area (Å²) in [4.78, 5) is 29.0. The van der Waals surface area contributed by atoms with Gasteiger partial charge in [0.2, 0.25) is 0 Å². The Morgan fingerprint density at radius 2 is 1.35 bits per heavy atom. The number of methoxy groups -OCH3 is 2. The van der Waals surface area contributed by atoms with Gasteiger partial charge in [-0.2, -0.15) is 0 Å². The topological polar surface area (TPSA) is 162 Å². The highest BCUT2D eigenvalue weighted by Gasteiger charge is 2.15. The Morgan fingerprint density at radius 3 is 1.65 bits per heavy atom. The van der Waals surface area contributed by atoms with Gasteiger partial charge in [0.1, 0.15) is 5.75 Å². The first-order valence-electron chi connectivity index (χ1n) is 6.19. The molecule has 1 aromatic carbocycles. The average molecular weight is 330 g/mol. The first kappa shape index (κ1) is 22.3. The standard InChI is InChI=1S/C12H16O3.2CH3NO2/c1-7-6-10(12(13)15-5)8(2)9(3)11(7)14-4;2*2-1(3)4/h6H,1-5H3;2*2H2,(H,3,4). The molecule has 0 fully saturated rings. The summed E-state index contributed by atoms with van der Waals surface area (Å²) in [6.07, 6.45) is -2.67. The lowest BCUT2D eigenvalue weighted by atomic mass is 9.99. The van der Waals surface area contributed by atoms with Crippen LogP contribution in [0.1, 0.15) is 27.0 Å². The Bertz CT molecular complexity index is 551. The van der Waals surface area contributed by atoms with E-state index in [1.165, 1.54) is 7.11 Å². The Hall–Kier alpha value is -2.97. The van der Waals surface area contributed by atoms with E-state index < -0.39 is 12.2 Å². The lowest BCUT2D eigenvalue weighted by Crippen LogP contribution is -2.07. The molecule has 6 N–H and O–H groups in total. The highest BCUT2D eigenvalue weighted by atomic mass is 16.5. The molecule has 23 heavy (non-hydrogen) atoms. The molecule has 0 radical (unpaired) electrons. The average Bonchev–Trinajstić information content (AvgIpc) is 2.41. The van der Waals surface area contributed by atoms with Crippen LogP contribution in [0.25, 0.3) is 0 Å². The number of nitrogens with two attached hydrogens (primary N) is 2. The molecule has 0 aromatic heterocycles. The summed E-state index contributed by atoms with van der Waals surface area (Å²) < 4.78 is 9.99. The molecule has 0 aliphatic rings. The van der Waals surface area contributed by atoms with Gasteiger partial charge in [0.05, 0.1) is 19.8 Å². The lowest BCUT2D eigenvalue weighted by Gasteiger charge is -2.14. The molecule has 0 atom stereocenters. The van der Waals surface area contributed by atoms with Crippen LogP contribution >= 0.6 is 0 Å². The maximum Gasteiger partial charge on any atom is 0.402 e. The number of hydrogen-bond donors (Lipinski definition) is 4. The van der Waals surface area contributed by atoms with Crippen molar-refractivity contribution < 1.29 is 34.1 Å². The van der Waals surface area contributed by atoms with E-state index in [0.29, 0.717) is 5.56 Å². The fourth-order valence-electron chi connectivity index (χ4n) is 1.69. The Balaban J connectivity index is 0. The van der Waals surface area contributed by atoms with E-state index in [0.717, 1.165) is 22.4 Å². The number of esters is 1. The molecule has 0 heterocycles. The molecule has 0 bridgehead atoms. The SMILES string of the molecule is COC(=O)c1cc(C)c(OC)c(C)c1C.NC(=O)O.NC(=O)O. The van der Waals surface area contributed by atoms with E-state index in [-0.39, 0.29) is 5.97 Å². The maximum absolute atomic E-state index is 11.5. The molecule has 2 amide bonds. The van der Waals surface area contributed by atoms with Crippen molar-refractivity contribution >= 4 is 18.2 Å². The van der Waals surface area contributed by atoms with Gasteiger partial charge in [-0.1, -0.05) is 0 Å². The fraction of sp³-hybridized carbons (Fsp3) is 0.357. The lowest BCUT2D eigenvalue weighted by molar-refractivity contribution is 0.0599. The molecule has 9 nitrogen and oxygen atoms in total. The molecular weight excluding hydrogens is 308 g/mol. The number of aryl methyl sites for hydroxylation is 1. The highest BCUT2D eigenvalue weighted by molar-refractivity contribution is 5.92. The number of hydrogen-bond acceptors (Lipinski definition) is 5. The summed E-state index contributed by atoms with van der Waals surface area (Å²) in [5, 5.41) is 14.4. The zero-order valence-corrected chi connectivity index (χ0v) is 13.7. The number of carboxylic acid groups (broad SMARTS) is 2. The van der Waals surface area contributed by atoms with Crippen molar-refractivity contribution in [2.24, 2.45) is 11.5 Å². The number of benzene rings is 1. The number of carbonyl (C=O) groups is 3. The van der Waals surface area contributed by atoms with Crippen molar-refractivity contribution in [1.29, 1.82) is 0 Å². The largest absolute Gasteiger partial charge is 0.496 e. The third-order valence-electron chi connectivity index (χ3n) is 2.64. The van der Waals surface area contributed by atoms with Gasteiger partial charge >= 0.3 is 18.2 Å². The molecule has 1 rings (SSSR count). The molecule has 130 valence electrons. The second-order valence-electron chi connectivity index (χ2n) is 4.19. The number of carbonyl (C=O) groups excluding carboxylic acids is 1. The summed E-state index contributed by atoms with van der Waals surface area (Å²) in [6.45, 7) is 5.74. The number of amides is 2. The molecule has 1 aromatic rings. The van der Waals surface area contributed by atoms with Crippen molar-refractivity contribution in [3.8, 4) is 5.75 Å². The van der Waals surface area contributed by atoms with Gasteiger partial charge in [0, 0.05) is 0 Å². The summed E-state index contributed by atoms with van der Waals surface area (Å²) in [5.41, 5.74) is 11.5. The van der Waals surface area contributed by atoms with Crippen molar-refractivity contribution in [3.05, 3.63) is 28.3 Å². The summed E-state index contributed by atoms with van der Waals surface area (Å²) in [6, 6.07) is 1.80. The summed E-state index contributed by atoms with van der Waals surface area (Å²) in [5.74, 6) is 0.529. The zero-order valence-electron chi connectivity index (χ0n) is 13.7. The van der Waals surface area contributed by atoms with Crippen LogP contribution in [0.3, 0.4) is 0 Å². The fourth-order valence-corrected chi connectivity index (χ4v) is 1.69. The van der Waals surface area contributed by atoms with Gasteiger partial charge in [0.25, 0.3) is 0 Å². The van der Waals surface area contributed by atoms with Crippen molar-refractivity contribution in [1.82, 2.24) is 0 Å². The van der Waals surface area contributed by atoms with Gasteiger partial charge in [-0.05, 0) is 43.5 Å². The monoisotopic (exact) mass is 330 g/mol. The first-order chi connectivity index (χ1) is 10.5. The van der Waals surface area contributed by atoms with Crippen LogP contribution in [0.2, 0.25) is 0 Å². The second kappa shape index (κ2) is 10.7. The van der Waals surface area contributed by atoms with E-state index in [1.54, 1.807) is 13.2 Å². The second-order valence-corrected chi connectivity index (χ2v) is 4.19. The quantitative estimate of drug-likeness (QED) is 0.599. The smallest absolute Gasteiger partial charge is 0.402 e. The normalized spacial score (nSPS) is 8.57. The van der Waals surface area contributed by atoms with Crippen LogP contribution in [0.5, 0.6) is 5.75 Å². The number of rotatable bonds is 2. The predicted molar refractivity (Wildman–Crippen MR) is 83.0 cm³/mol. The first-order valence-corrected chi connectivity index (χ1v) is 6.19. The predicted octanol–water partition coefficient (Wildman–Crippen LogP) is 1.65. The van der Waals surface area contributed by atoms with Crippen LogP contribution in [-0.4, -0.2) is 42.6 Å². The Kier molecular flexibility index (Phi) is 10.4. The van der Waals surface area contributed by atoms with E-state index in [2.05, 4.69) is 11.5 Å². The van der Waals surface area contributed by atoms with Crippen LogP contribution in [0.15, 0.2) is 6.07 Å². The Labute approximate surface area is 133 Å². The van der Waals surface area contributed by atoms with Crippen LogP contribution in [-0.2, 0) is 4.74 Å². The summed E-state index contributed by atoms with van der Waals surface area (Å²) >= 11 is 0. The third kappa shape index (κ3) is 8.81. The van der Waals surface area contributed by atoms with Gasteiger partial charge in [-0.15, -0.1) is 0 Å². The van der Waals surface area contributed by atoms with Crippen molar-refractivity contribution in [3.63, 3.8) is 0 Å². The molecule has 0 aliphatic carbocycles. The highest BCUT2D eigenvalue weighted by Crippen LogP contribution is 2.28. The van der Waals surface area contributed by atoms with Gasteiger partial charge < -0.3 is 31.2 Å². The number of ether oxygens (including phenoxy) is 2. The molecule has 0 saturated heterocycles. The minimum absolute atomic E-state index is 0.304. The Morgan fingerprint density at radius 1 is 0.957 bits per heavy atom. The van der Waals surface area contributed by atoms with E-state index >= 15 is 0 Å². The third-order valence-corrected chi connectivity index (χ3v) is 2.64.